The van der Waals surface area contributed by atoms with Gasteiger partial charge in [-0.05, 0) is 42.8 Å². The molecule has 0 saturated carbocycles. The third-order valence-electron chi connectivity index (χ3n) is 3.94. The summed E-state index contributed by atoms with van der Waals surface area (Å²) in [6, 6.07) is 10.00. The third kappa shape index (κ3) is 4.01. The summed E-state index contributed by atoms with van der Waals surface area (Å²) in [5.41, 5.74) is 8.43. The molecule has 136 valence electrons. The van der Waals surface area contributed by atoms with Crippen LogP contribution in [-0.2, 0) is 0 Å². The van der Waals surface area contributed by atoms with Crippen LogP contribution in [0.25, 0.3) is 0 Å². The van der Waals surface area contributed by atoms with Crippen molar-refractivity contribution < 1.29 is 4.79 Å². The first-order valence-electron chi connectivity index (χ1n) is 8.11. The molecular formula is C19H18N6O2. The van der Waals surface area contributed by atoms with Crippen LogP contribution in [0.5, 0.6) is 0 Å². The van der Waals surface area contributed by atoms with E-state index in [1.807, 2.05) is 13.0 Å². The molecule has 0 unspecified atom stereocenters. The molecule has 2 heterocycles. The zero-order valence-electron chi connectivity index (χ0n) is 14.5. The molecule has 0 aliphatic rings. The molecule has 8 nitrogen and oxygen atoms in total. The molecule has 2 aromatic heterocycles. The van der Waals surface area contributed by atoms with Crippen LogP contribution in [0, 0.1) is 12.3 Å². The van der Waals surface area contributed by atoms with Gasteiger partial charge in [0, 0.05) is 29.3 Å². The fourth-order valence-corrected chi connectivity index (χ4v) is 2.51. The average Bonchev–Trinajstić information content (AvgIpc) is 2.65. The van der Waals surface area contributed by atoms with E-state index in [9.17, 15) is 9.59 Å². The zero-order valence-corrected chi connectivity index (χ0v) is 14.5. The number of hydrogen-bond acceptors (Lipinski definition) is 5. The van der Waals surface area contributed by atoms with Crippen molar-refractivity contribution in [2.24, 2.45) is 5.73 Å². The number of carbonyl (C=O) groups is 1. The lowest BCUT2D eigenvalue weighted by Gasteiger charge is -2.14. The summed E-state index contributed by atoms with van der Waals surface area (Å²) in [4.78, 5) is 30.6. The van der Waals surface area contributed by atoms with Gasteiger partial charge in [-0.2, -0.15) is 0 Å². The number of aryl methyl sites for hydroxylation is 1. The number of hydrogen-bond donors (Lipinski definition) is 5. The quantitative estimate of drug-likeness (QED) is 0.350. The zero-order chi connectivity index (χ0) is 19.4. The van der Waals surface area contributed by atoms with Gasteiger partial charge in [0.2, 0.25) is 0 Å². The topological polar surface area (TPSA) is 137 Å². The largest absolute Gasteiger partial charge is 0.384 e. The monoisotopic (exact) mass is 362 g/mol. The number of nitrogens with zero attached hydrogens (tertiary/aromatic N) is 1. The van der Waals surface area contributed by atoms with Crippen LogP contribution in [0.15, 0.2) is 59.8 Å². The highest BCUT2D eigenvalue weighted by molar-refractivity contribution is 6.04. The van der Waals surface area contributed by atoms with Crippen molar-refractivity contribution in [3.8, 4) is 0 Å². The summed E-state index contributed by atoms with van der Waals surface area (Å²) in [6.07, 6.45) is 4.60. The maximum atomic E-state index is 12.3. The second-order valence-electron chi connectivity index (χ2n) is 5.86. The number of aromatic nitrogens is 2. The number of anilines is 3. The molecule has 8 heteroatoms. The van der Waals surface area contributed by atoms with Crippen LogP contribution in [0.4, 0.5) is 17.1 Å². The van der Waals surface area contributed by atoms with E-state index in [1.54, 1.807) is 36.7 Å². The number of nitrogens with two attached hydrogens (primary N) is 1. The van der Waals surface area contributed by atoms with Crippen molar-refractivity contribution in [2.45, 2.75) is 6.92 Å². The first-order chi connectivity index (χ1) is 13.0. The minimum atomic E-state index is -0.502. The predicted molar refractivity (Wildman–Crippen MR) is 105 cm³/mol. The van der Waals surface area contributed by atoms with Gasteiger partial charge in [0.15, 0.2) is 0 Å². The first-order valence-corrected chi connectivity index (χ1v) is 8.11. The standard InChI is InChI=1S/C19H18N6O2/c1-11-4-5-12(24-19(27)14-3-2-7-23-18(14)26)9-15(11)25-16-10-22-8-6-13(16)17(20)21/h2-10,25H,1H3,(H3,20,21)(H,23,26)(H,24,27). The molecule has 0 spiro atoms. The molecule has 3 rings (SSSR count). The fourth-order valence-electron chi connectivity index (χ4n) is 2.51. The summed E-state index contributed by atoms with van der Waals surface area (Å²) in [7, 11) is 0. The summed E-state index contributed by atoms with van der Waals surface area (Å²) >= 11 is 0. The van der Waals surface area contributed by atoms with Crippen molar-refractivity contribution in [1.29, 1.82) is 5.41 Å². The van der Waals surface area contributed by atoms with Gasteiger partial charge in [0.05, 0.1) is 11.9 Å². The van der Waals surface area contributed by atoms with E-state index in [-0.39, 0.29) is 11.4 Å². The van der Waals surface area contributed by atoms with Gasteiger partial charge in [-0.1, -0.05) is 6.07 Å². The van der Waals surface area contributed by atoms with Gasteiger partial charge in [-0.25, -0.2) is 0 Å². The SMILES string of the molecule is Cc1ccc(NC(=O)c2ccc[nH]c2=O)cc1Nc1cnccc1C(=N)N. The number of pyridine rings is 2. The highest BCUT2D eigenvalue weighted by Crippen LogP contribution is 2.26. The van der Waals surface area contributed by atoms with Gasteiger partial charge in [0.1, 0.15) is 11.4 Å². The Hall–Kier alpha value is -3.94. The Morgan fingerprint density at radius 2 is 2.00 bits per heavy atom. The Labute approximate surface area is 155 Å². The number of carbonyl (C=O) groups excluding carboxylic acids is 1. The highest BCUT2D eigenvalue weighted by atomic mass is 16.2. The molecule has 27 heavy (non-hydrogen) atoms. The lowest BCUT2D eigenvalue weighted by Crippen LogP contribution is -2.22. The maximum absolute atomic E-state index is 12.3. The Morgan fingerprint density at radius 3 is 2.74 bits per heavy atom. The van der Waals surface area contributed by atoms with E-state index in [1.165, 1.54) is 12.3 Å². The maximum Gasteiger partial charge on any atom is 0.261 e. The van der Waals surface area contributed by atoms with Gasteiger partial charge >= 0.3 is 0 Å². The van der Waals surface area contributed by atoms with Gasteiger partial charge < -0.3 is 21.4 Å². The van der Waals surface area contributed by atoms with Crippen molar-refractivity contribution in [2.75, 3.05) is 10.6 Å². The van der Waals surface area contributed by atoms with Gasteiger partial charge in [0.25, 0.3) is 11.5 Å². The van der Waals surface area contributed by atoms with Crippen LogP contribution in [0.1, 0.15) is 21.5 Å². The lowest BCUT2D eigenvalue weighted by atomic mass is 10.1. The summed E-state index contributed by atoms with van der Waals surface area (Å²) in [6.45, 7) is 1.90. The van der Waals surface area contributed by atoms with Crippen LogP contribution >= 0.6 is 0 Å². The summed E-state index contributed by atoms with van der Waals surface area (Å²) < 4.78 is 0. The number of benzene rings is 1. The van der Waals surface area contributed by atoms with Crippen molar-refractivity contribution in [3.63, 3.8) is 0 Å². The van der Waals surface area contributed by atoms with Crippen LogP contribution in [0.3, 0.4) is 0 Å². The second-order valence-corrected chi connectivity index (χ2v) is 5.86. The Bertz CT molecular complexity index is 1070. The Kier molecular flexibility index (Phi) is 4.98. The molecule has 0 aliphatic heterocycles. The lowest BCUT2D eigenvalue weighted by molar-refractivity contribution is 0.102. The van der Waals surface area contributed by atoms with E-state index in [0.717, 1.165) is 5.56 Å². The van der Waals surface area contributed by atoms with E-state index in [4.69, 9.17) is 11.1 Å². The van der Waals surface area contributed by atoms with Gasteiger partial charge in [-0.3, -0.25) is 20.0 Å². The highest BCUT2D eigenvalue weighted by Gasteiger charge is 2.12. The fraction of sp³-hybridized carbons (Fsp3) is 0.0526. The second kappa shape index (κ2) is 7.52. The van der Waals surface area contributed by atoms with E-state index in [0.29, 0.717) is 22.6 Å². The van der Waals surface area contributed by atoms with Crippen LogP contribution in [-0.4, -0.2) is 21.7 Å². The molecule has 0 bridgehead atoms. The molecule has 0 atom stereocenters. The van der Waals surface area contributed by atoms with E-state index < -0.39 is 11.5 Å². The summed E-state index contributed by atoms with van der Waals surface area (Å²) in [5, 5.41) is 13.6. The van der Waals surface area contributed by atoms with E-state index in [2.05, 4.69) is 20.6 Å². The average molecular weight is 362 g/mol. The molecule has 0 aliphatic carbocycles. The van der Waals surface area contributed by atoms with Crippen molar-refractivity contribution in [3.05, 3.63) is 82.0 Å². The molecule has 0 radical (unpaired) electrons. The van der Waals surface area contributed by atoms with Crippen LogP contribution in [0.2, 0.25) is 0 Å². The molecule has 0 saturated heterocycles. The number of nitrogen functional groups attached to an aromatic ring is 1. The van der Waals surface area contributed by atoms with Crippen molar-refractivity contribution >= 4 is 28.8 Å². The number of rotatable bonds is 5. The number of H-pyrrole nitrogens is 1. The first kappa shape index (κ1) is 17.9. The Balaban J connectivity index is 1.87. The van der Waals surface area contributed by atoms with Gasteiger partial charge in [-0.15, -0.1) is 0 Å². The molecule has 0 fully saturated rings. The molecule has 1 aromatic carbocycles. The van der Waals surface area contributed by atoms with Crippen molar-refractivity contribution in [1.82, 2.24) is 9.97 Å². The third-order valence-corrected chi connectivity index (χ3v) is 3.94. The molecule has 1 amide bonds. The minimum absolute atomic E-state index is 0.0266. The summed E-state index contributed by atoms with van der Waals surface area (Å²) in [5.74, 6) is -0.581. The smallest absolute Gasteiger partial charge is 0.261 e. The number of amidine groups is 1. The number of amides is 1. The normalized spacial score (nSPS) is 10.3. The molecule has 6 N–H and O–H groups in total. The number of aromatic amines is 1. The van der Waals surface area contributed by atoms with Crippen LogP contribution < -0.4 is 21.9 Å². The Morgan fingerprint density at radius 1 is 1.19 bits per heavy atom. The predicted octanol–water partition coefficient (Wildman–Crippen LogP) is 2.36. The minimum Gasteiger partial charge on any atom is -0.384 e. The number of nitrogens with one attached hydrogen (secondary N) is 4. The molecular weight excluding hydrogens is 344 g/mol. The van der Waals surface area contributed by atoms with E-state index >= 15 is 0 Å². The molecule has 3 aromatic rings.